The van der Waals surface area contributed by atoms with Crippen molar-refractivity contribution in [1.82, 2.24) is 0 Å². The summed E-state index contributed by atoms with van der Waals surface area (Å²) in [5, 5.41) is 0. The van der Waals surface area contributed by atoms with Crippen molar-refractivity contribution in [3.8, 4) is 0 Å². The van der Waals surface area contributed by atoms with E-state index < -0.39 is 0 Å². The number of halogens is 1. The molecule has 0 saturated heterocycles. The fraction of sp³-hybridized carbons (Fsp3) is 0.727. The molecule has 0 aliphatic rings. The predicted molar refractivity (Wildman–Crippen MR) is 113 cm³/mol. The lowest BCUT2D eigenvalue weighted by atomic mass is 9.99. The van der Waals surface area contributed by atoms with Gasteiger partial charge >= 0.3 is 0 Å². The zero-order chi connectivity index (χ0) is 16.8. The Bertz CT molecular complexity index is 368. The Balaban J connectivity index is 1.80. The van der Waals surface area contributed by atoms with Crippen molar-refractivity contribution < 1.29 is 0 Å². The highest BCUT2D eigenvalue weighted by Gasteiger charge is 1.98. The van der Waals surface area contributed by atoms with Gasteiger partial charge in [0, 0.05) is 3.57 Å². The number of hydrogen-bond acceptors (Lipinski definition) is 0. The van der Waals surface area contributed by atoms with Crippen molar-refractivity contribution in [1.29, 1.82) is 0 Å². The molecule has 0 fully saturated rings. The Morgan fingerprint density at radius 3 is 1.74 bits per heavy atom. The molecule has 0 aromatic heterocycles. The quantitative estimate of drug-likeness (QED) is 0.207. The number of benzene rings is 1. The first-order chi connectivity index (χ1) is 11.2. The van der Waals surface area contributed by atoms with Gasteiger partial charge in [0.25, 0.3) is 0 Å². The number of unbranched alkanes of at least 4 members (excludes halogenated alkanes) is 9. The van der Waals surface area contributed by atoms with Crippen LogP contribution in [0.25, 0.3) is 0 Å². The first-order valence-electron chi connectivity index (χ1n) is 9.96. The van der Waals surface area contributed by atoms with Gasteiger partial charge in [-0.05, 0) is 59.0 Å². The van der Waals surface area contributed by atoms with Gasteiger partial charge in [-0.1, -0.05) is 96.6 Å². The lowest BCUT2D eigenvalue weighted by Gasteiger charge is -2.07. The molecule has 0 aliphatic carbocycles. The Morgan fingerprint density at radius 1 is 0.739 bits per heavy atom. The van der Waals surface area contributed by atoms with Gasteiger partial charge in [0.15, 0.2) is 0 Å². The van der Waals surface area contributed by atoms with Crippen LogP contribution in [0.3, 0.4) is 0 Å². The third kappa shape index (κ3) is 12.0. The standard InChI is InChI=1S/C22H37I/c1-3-20(2)14-12-10-8-6-4-5-7-9-11-13-15-21-16-18-22(23)19-17-21/h16-20H,3-15H2,1-2H3. The Hall–Kier alpha value is -0.0500. The van der Waals surface area contributed by atoms with Crippen molar-refractivity contribution >= 4 is 22.6 Å². The maximum absolute atomic E-state index is 2.39. The molecule has 1 unspecified atom stereocenters. The van der Waals surface area contributed by atoms with E-state index in [4.69, 9.17) is 0 Å². The molecule has 23 heavy (non-hydrogen) atoms. The molecule has 1 aromatic carbocycles. The minimum atomic E-state index is 0.939. The van der Waals surface area contributed by atoms with Gasteiger partial charge in [0.1, 0.15) is 0 Å². The highest BCUT2D eigenvalue weighted by Crippen LogP contribution is 2.16. The lowest BCUT2D eigenvalue weighted by Crippen LogP contribution is -1.91. The van der Waals surface area contributed by atoms with Gasteiger partial charge in [-0.2, -0.15) is 0 Å². The van der Waals surface area contributed by atoms with Crippen LogP contribution < -0.4 is 0 Å². The topological polar surface area (TPSA) is 0 Å². The number of rotatable bonds is 14. The zero-order valence-electron chi connectivity index (χ0n) is 15.5. The predicted octanol–water partition coefficient (Wildman–Crippen LogP) is 8.17. The molecule has 0 N–H and O–H groups in total. The molecule has 1 aromatic rings. The van der Waals surface area contributed by atoms with E-state index in [1.165, 1.54) is 92.6 Å². The molecular formula is C22H37I. The van der Waals surface area contributed by atoms with Crippen molar-refractivity contribution in [2.45, 2.75) is 97.3 Å². The summed E-state index contributed by atoms with van der Waals surface area (Å²) < 4.78 is 1.34. The van der Waals surface area contributed by atoms with Crippen LogP contribution in [0.4, 0.5) is 0 Å². The molecule has 0 spiro atoms. The van der Waals surface area contributed by atoms with Crippen molar-refractivity contribution in [2.75, 3.05) is 0 Å². The second-order valence-corrected chi connectivity index (χ2v) is 8.46. The molecular weight excluding hydrogens is 391 g/mol. The van der Waals surface area contributed by atoms with Gasteiger partial charge < -0.3 is 0 Å². The largest absolute Gasteiger partial charge is 0.0651 e. The van der Waals surface area contributed by atoms with E-state index in [0.717, 1.165) is 5.92 Å². The molecule has 0 radical (unpaired) electrons. The molecule has 0 nitrogen and oxygen atoms in total. The Morgan fingerprint density at radius 2 is 1.22 bits per heavy atom. The Labute approximate surface area is 159 Å². The van der Waals surface area contributed by atoms with Gasteiger partial charge in [-0.15, -0.1) is 0 Å². The summed E-state index contributed by atoms with van der Waals surface area (Å²) in [6.07, 6.45) is 18.4. The fourth-order valence-electron chi connectivity index (χ4n) is 3.09. The molecule has 0 heterocycles. The molecule has 0 bridgehead atoms. The summed E-state index contributed by atoms with van der Waals surface area (Å²) in [4.78, 5) is 0. The van der Waals surface area contributed by atoms with Crippen LogP contribution in [0, 0.1) is 9.49 Å². The number of aryl methyl sites for hydroxylation is 1. The van der Waals surface area contributed by atoms with Gasteiger partial charge in [-0.3, -0.25) is 0 Å². The zero-order valence-corrected chi connectivity index (χ0v) is 17.6. The van der Waals surface area contributed by atoms with Crippen LogP contribution in [0.1, 0.15) is 96.5 Å². The normalized spacial score (nSPS) is 12.5. The van der Waals surface area contributed by atoms with E-state index in [0.29, 0.717) is 0 Å². The van der Waals surface area contributed by atoms with Gasteiger partial charge in [0.2, 0.25) is 0 Å². The molecule has 1 rings (SSSR count). The SMILES string of the molecule is CCC(C)CCCCCCCCCCCCc1ccc(I)cc1. The highest BCUT2D eigenvalue weighted by molar-refractivity contribution is 14.1. The van der Waals surface area contributed by atoms with Crippen LogP contribution >= 0.6 is 22.6 Å². The van der Waals surface area contributed by atoms with Crippen molar-refractivity contribution in [3.63, 3.8) is 0 Å². The van der Waals surface area contributed by atoms with Crippen LogP contribution in [-0.4, -0.2) is 0 Å². The van der Waals surface area contributed by atoms with Crippen LogP contribution in [0.2, 0.25) is 0 Å². The lowest BCUT2D eigenvalue weighted by molar-refractivity contribution is 0.469. The number of hydrogen-bond donors (Lipinski definition) is 0. The second kappa shape index (κ2) is 14.3. The molecule has 1 atom stereocenters. The van der Waals surface area contributed by atoms with E-state index in [1.807, 2.05) is 0 Å². The average Bonchev–Trinajstić information content (AvgIpc) is 2.57. The van der Waals surface area contributed by atoms with E-state index in [2.05, 4.69) is 60.7 Å². The maximum atomic E-state index is 2.39. The van der Waals surface area contributed by atoms with Crippen LogP contribution in [0.5, 0.6) is 0 Å². The minimum absolute atomic E-state index is 0.939. The molecule has 132 valence electrons. The summed E-state index contributed by atoms with van der Waals surface area (Å²) in [7, 11) is 0. The molecule has 1 heteroatoms. The summed E-state index contributed by atoms with van der Waals surface area (Å²) in [6.45, 7) is 4.70. The Kier molecular flexibility index (Phi) is 13.1. The smallest absolute Gasteiger partial charge is 0.0130 e. The minimum Gasteiger partial charge on any atom is -0.0651 e. The second-order valence-electron chi connectivity index (χ2n) is 7.21. The summed E-state index contributed by atoms with van der Waals surface area (Å²) in [5.41, 5.74) is 1.50. The maximum Gasteiger partial charge on any atom is 0.0130 e. The first kappa shape index (κ1) is 21.0. The average molecular weight is 428 g/mol. The third-order valence-corrected chi connectivity index (χ3v) is 5.74. The fourth-order valence-corrected chi connectivity index (χ4v) is 3.45. The van der Waals surface area contributed by atoms with Gasteiger partial charge in [0.05, 0.1) is 0 Å². The van der Waals surface area contributed by atoms with E-state index in [-0.39, 0.29) is 0 Å². The summed E-state index contributed by atoms with van der Waals surface area (Å²) >= 11 is 2.37. The highest BCUT2D eigenvalue weighted by atomic mass is 127. The third-order valence-electron chi connectivity index (χ3n) is 5.02. The summed E-state index contributed by atoms with van der Waals surface area (Å²) in [6, 6.07) is 9.00. The van der Waals surface area contributed by atoms with Crippen molar-refractivity contribution in [3.05, 3.63) is 33.4 Å². The summed E-state index contributed by atoms with van der Waals surface area (Å²) in [5.74, 6) is 0.939. The molecule has 0 aliphatic heterocycles. The first-order valence-corrected chi connectivity index (χ1v) is 11.0. The van der Waals surface area contributed by atoms with Crippen molar-refractivity contribution in [2.24, 2.45) is 5.92 Å². The molecule has 0 saturated carbocycles. The molecule has 0 amide bonds. The van der Waals surface area contributed by atoms with E-state index in [9.17, 15) is 0 Å². The van der Waals surface area contributed by atoms with Gasteiger partial charge in [-0.25, -0.2) is 0 Å². The van der Waals surface area contributed by atoms with E-state index in [1.54, 1.807) is 0 Å². The monoisotopic (exact) mass is 428 g/mol. The van der Waals surface area contributed by atoms with Crippen LogP contribution in [-0.2, 0) is 6.42 Å². The van der Waals surface area contributed by atoms with E-state index >= 15 is 0 Å². The van der Waals surface area contributed by atoms with Crippen LogP contribution in [0.15, 0.2) is 24.3 Å².